The van der Waals surface area contributed by atoms with Gasteiger partial charge in [0, 0.05) is 16.5 Å². The van der Waals surface area contributed by atoms with Gasteiger partial charge >= 0.3 is 0 Å². The molecule has 0 N–H and O–H groups in total. The van der Waals surface area contributed by atoms with Crippen molar-refractivity contribution in [2.24, 2.45) is 0 Å². The third-order valence-electron chi connectivity index (χ3n) is 6.95. The van der Waals surface area contributed by atoms with Crippen LogP contribution >= 0.6 is 0 Å². The molecule has 0 saturated heterocycles. The van der Waals surface area contributed by atoms with E-state index in [1.807, 2.05) is 0 Å². The van der Waals surface area contributed by atoms with Crippen LogP contribution in [0.5, 0.6) is 0 Å². The van der Waals surface area contributed by atoms with Crippen molar-refractivity contribution in [2.45, 2.75) is 38.0 Å². The van der Waals surface area contributed by atoms with Crippen molar-refractivity contribution in [3.8, 4) is 16.8 Å². The van der Waals surface area contributed by atoms with Gasteiger partial charge in [-0.05, 0) is 59.5 Å². The molecule has 1 fully saturated rings. The second-order valence-electron chi connectivity index (χ2n) is 8.88. The molecule has 1 heteroatoms. The van der Waals surface area contributed by atoms with Gasteiger partial charge in [-0.3, -0.25) is 0 Å². The number of nitrogens with zero attached hydrogens (tertiary/aromatic N) is 1. The van der Waals surface area contributed by atoms with E-state index >= 15 is 0 Å². The summed E-state index contributed by atoms with van der Waals surface area (Å²) in [4.78, 5) is 0. The summed E-state index contributed by atoms with van der Waals surface area (Å²) in [6.07, 6.45) is 6.66. The van der Waals surface area contributed by atoms with Crippen LogP contribution in [-0.4, -0.2) is 4.57 Å². The molecule has 5 aromatic rings. The van der Waals surface area contributed by atoms with Gasteiger partial charge in [0.05, 0.1) is 11.2 Å². The molecule has 0 amide bonds. The van der Waals surface area contributed by atoms with Gasteiger partial charge in [-0.2, -0.15) is 0 Å². The molecular weight excluding hydrogens is 375 g/mol. The van der Waals surface area contributed by atoms with Crippen molar-refractivity contribution in [1.29, 1.82) is 0 Å². The molecule has 1 nitrogen and oxygen atoms in total. The number of benzene rings is 4. The van der Waals surface area contributed by atoms with Crippen molar-refractivity contribution in [3.05, 3.63) is 103 Å². The summed E-state index contributed by atoms with van der Waals surface area (Å²) in [6.45, 7) is 0. The second-order valence-corrected chi connectivity index (χ2v) is 8.88. The third-order valence-corrected chi connectivity index (χ3v) is 6.95. The molecule has 0 bridgehead atoms. The molecule has 0 unspecified atom stereocenters. The summed E-state index contributed by atoms with van der Waals surface area (Å²) in [6, 6.07) is 35.7. The summed E-state index contributed by atoms with van der Waals surface area (Å²) < 4.78 is 2.57. The van der Waals surface area contributed by atoms with E-state index in [2.05, 4.69) is 102 Å². The molecule has 0 radical (unpaired) electrons. The van der Waals surface area contributed by atoms with Gasteiger partial charge in [-0.1, -0.05) is 92.1 Å². The van der Waals surface area contributed by atoms with Crippen molar-refractivity contribution >= 4 is 21.7 Å². The molecule has 6 rings (SSSR count). The summed E-state index contributed by atoms with van der Waals surface area (Å²) in [5.74, 6) is 0.639. The van der Waals surface area contributed by atoms with Gasteiger partial charge in [0.2, 0.25) is 0 Å². The van der Waals surface area contributed by atoms with E-state index in [-0.39, 0.29) is 0 Å². The summed E-state index contributed by atoms with van der Waals surface area (Å²) >= 11 is 0. The van der Waals surface area contributed by atoms with Crippen LogP contribution in [0, 0.1) is 0 Å². The van der Waals surface area contributed by atoms with Gasteiger partial charge in [0.25, 0.3) is 0 Å². The molecule has 0 spiro atoms. The van der Waals surface area contributed by atoms with Crippen molar-refractivity contribution in [3.63, 3.8) is 0 Å². The smallest absolute Gasteiger partial charge is 0.0543 e. The highest BCUT2D eigenvalue weighted by molar-refractivity contribution is 5.97. The summed E-state index contributed by atoms with van der Waals surface area (Å²) in [5, 5.41) is 3.96. The third kappa shape index (κ3) is 3.25. The van der Waals surface area contributed by atoms with E-state index in [1.54, 1.807) is 0 Å². The highest BCUT2D eigenvalue weighted by Gasteiger charge is 2.22. The zero-order valence-corrected chi connectivity index (χ0v) is 17.8. The molecule has 152 valence electrons. The lowest BCUT2D eigenvalue weighted by molar-refractivity contribution is 0.434. The maximum atomic E-state index is 2.57. The predicted molar refractivity (Wildman–Crippen MR) is 132 cm³/mol. The van der Waals surface area contributed by atoms with Crippen LogP contribution in [0.4, 0.5) is 0 Å². The van der Waals surface area contributed by atoms with Gasteiger partial charge in [-0.25, -0.2) is 0 Å². The quantitative estimate of drug-likeness (QED) is 0.285. The fraction of sp³-hybridized carbons (Fsp3) is 0.200. The van der Waals surface area contributed by atoms with Gasteiger partial charge < -0.3 is 4.57 Å². The van der Waals surface area contributed by atoms with Crippen LogP contribution in [0.25, 0.3) is 38.5 Å². The van der Waals surface area contributed by atoms with E-state index in [0.29, 0.717) is 5.92 Å². The lowest BCUT2D eigenvalue weighted by Crippen LogP contribution is -2.10. The Kier molecular flexibility index (Phi) is 4.61. The average Bonchev–Trinajstić information content (AvgIpc) is 3.24. The monoisotopic (exact) mass is 402 g/mol. The Balaban J connectivity index is 1.67. The minimum atomic E-state index is 0.639. The number of hydrogen-bond donors (Lipinski definition) is 0. The Hall–Kier alpha value is -3.32. The maximum Gasteiger partial charge on any atom is 0.0543 e. The van der Waals surface area contributed by atoms with Crippen molar-refractivity contribution < 1.29 is 0 Å². The highest BCUT2D eigenvalue weighted by Crippen LogP contribution is 2.40. The van der Waals surface area contributed by atoms with Crippen LogP contribution in [0.2, 0.25) is 0 Å². The predicted octanol–water partition coefficient (Wildman–Crippen LogP) is 8.50. The lowest BCUT2D eigenvalue weighted by Gasteiger charge is -2.25. The first kappa shape index (κ1) is 18.4. The molecule has 1 aliphatic rings. The Labute approximate surface area is 184 Å². The van der Waals surface area contributed by atoms with E-state index in [9.17, 15) is 0 Å². The van der Waals surface area contributed by atoms with Gasteiger partial charge in [-0.15, -0.1) is 0 Å². The molecule has 1 saturated carbocycles. The first-order valence-electron chi connectivity index (χ1n) is 11.6. The zero-order valence-electron chi connectivity index (χ0n) is 17.8. The van der Waals surface area contributed by atoms with Crippen LogP contribution < -0.4 is 0 Å². The number of rotatable bonds is 3. The SMILES string of the molecule is c1ccc(-c2cc(-n3c4ccccc4c[13c]3C3CCCCC3)c3ccccc3c2)cc1. The molecule has 1 heterocycles. The average molecular weight is 403 g/mol. The largest absolute Gasteiger partial charge is 0.313 e. The normalized spacial score (nSPS) is 15.0. The fourth-order valence-electron chi connectivity index (χ4n) is 5.42. The van der Waals surface area contributed by atoms with Gasteiger partial charge in [0.1, 0.15) is 0 Å². The van der Waals surface area contributed by atoms with E-state index in [0.717, 1.165) is 0 Å². The summed E-state index contributed by atoms with van der Waals surface area (Å²) in [7, 11) is 0. The van der Waals surface area contributed by atoms with Crippen LogP contribution in [-0.2, 0) is 0 Å². The van der Waals surface area contributed by atoms with E-state index in [1.165, 1.54) is 76.3 Å². The summed E-state index contributed by atoms with van der Waals surface area (Å²) in [5.41, 5.74) is 6.65. The first-order valence-corrected chi connectivity index (χ1v) is 11.6. The molecule has 1 aromatic heterocycles. The van der Waals surface area contributed by atoms with Crippen molar-refractivity contribution in [2.75, 3.05) is 0 Å². The molecule has 1 aliphatic carbocycles. The van der Waals surface area contributed by atoms with Crippen LogP contribution in [0.1, 0.15) is 43.7 Å². The van der Waals surface area contributed by atoms with Gasteiger partial charge in [0.15, 0.2) is 0 Å². The molecular formula is C30H27N. The second kappa shape index (κ2) is 7.74. The number of hydrogen-bond acceptors (Lipinski definition) is 0. The lowest BCUT2D eigenvalue weighted by atomic mass is 9.93. The number of aromatic nitrogens is 1. The maximum absolute atomic E-state index is 2.57. The minimum Gasteiger partial charge on any atom is -0.313 e. The Bertz CT molecular complexity index is 1350. The minimum absolute atomic E-state index is 0.639. The Morgan fingerprint density at radius 2 is 1.29 bits per heavy atom. The number of para-hydroxylation sites is 1. The Morgan fingerprint density at radius 1 is 0.581 bits per heavy atom. The van der Waals surface area contributed by atoms with Crippen molar-refractivity contribution in [1.82, 2.24) is 4.57 Å². The molecule has 0 aliphatic heterocycles. The highest BCUT2D eigenvalue weighted by atomic mass is 15.1. The number of fused-ring (bicyclic) bond motifs is 2. The topological polar surface area (TPSA) is 4.93 Å². The molecule has 31 heavy (non-hydrogen) atoms. The van der Waals surface area contributed by atoms with E-state index in [4.69, 9.17) is 0 Å². The molecule has 4 aromatic carbocycles. The fourth-order valence-corrected chi connectivity index (χ4v) is 5.42. The van der Waals surface area contributed by atoms with Crippen LogP contribution in [0.3, 0.4) is 0 Å². The zero-order chi connectivity index (χ0) is 20.6. The Morgan fingerprint density at radius 3 is 2.13 bits per heavy atom. The standard InChI is InChI=1S/C30H27N/c1-3-11-22(12-4-1)26-19-24-15-7-9-17-27(24)30(21-26)31-28-18-10-8-16-25(28)20-29(31)23-13-5-2-6-14-23/h1,3-4,7-12,15-21,23H,2,5-6,13-14H2/i29+1. The first-order chi connectivity index (χ1) is 15.4. The van der Waals surface area contributed by atoms with E-state index < -0.39 is 0 Å². The molecule has 0 atom stereocenters. The van der Waals surface area contributed by atoms with Crippen LogP contribution in [0.15, 0.2) is 97.1 Å².